The summed E-state index contributed by atoms with van der Waals surface area (Å²) in [5.41, 5.74) is -1.53. The van der Waals surface area contributed by atoms with Gasteiger partial charge >= 0.3 is 14.8 Å². The number of benzene rings is 1. The first kappa shape index (κ1) is 27.1. The topological polar surface area (TPSA) is 242 Å². The van der Waals surface area contributed by atoms with E-state index in [4.69, 9.17) is 19.8 Å². The van der Waals surface area contributed by atoms with Crippen LogP contribution in [0.4, 0.5) is 0 Å². The van der Waals surface area contributed by atoms with Crippen LogP contribution < -0.4 is 0 Å². The van der Waals surface area contributed by atoms with Gasteiger partial charge in [0, 0.05) is 13.8 Å². The quantitative estimate of drug-likeness (QED) is 0.430. The number of carboxylic acid groups (broad SMARTS) is 2. The van der Waals surface area contributed by atoms with Crippen molar-refractivity contribution in [1.82, 2.24) is 0 Å². The largest absolute Gasteiger partial charge is 1.00 e. The molecule has 14 nitrogen and oxygen atoms in total. The van der Waals surface area contributed by atoms with Crippen LogP contribution in [0.3, 0.4) is 0 Å². The van der Waals surface area contributed by atoms with Crippen molar-refractivity contribution < 1.29 is 66.6 Å². The first-order chi connectivity index (χ1) is 12.5. The average Bonchev–Trinajstić information content (AvgIpc) is 2.42. The lowest BCUT2D eigenvalue weighted by Crippen LogP contribution is -2.18. The molecule has 0 aliphatic heterocycles. The van der Waals surface area contributed by atoms with E-state index >= 15 is 0 Å². The van der Waals surface area contributed by atoms with Gasteiger partial charge in [-0.1, -0.05) is 12.1 Å². The van der Waals surface area contributed by atoms with E-state index in [2.05, 4.69) is 8.37 Å². The molecule has 1 rings (SSSR count). The maximum atomic E-state index is 11.3. The minimum absolute atomic E-state index is 0. The molecule has 0 bridgehead atoms. The second kappa shape index (κ2) is 11.6. The highest BCUT2D eigenvalue weighted by Crippen LogP contribution is 2.13. The fourth-order valence-electron chi connectivity index (χ4n) is 1.11. The molecule has 0 radical (unpaired) electrons. The molecule has 0 atom stereocenters. The van der Waals surface area contributed by atoms with E-state index in [0.29, 0.717) is 0 Å². The van der Waals surface area contributed by atoms with E-state index < -0.39 is 55.8 Å². The molecule has 2 N–H and O–H groups in total. The summed E-state index contributed by atoms with van der Waals surface area (Å²) in [6.45, 7) is 2.17. The Kier molecular flexibility index (Phi) is 11.2. The van der Waals surface area contributed by atoms with Gasteiger partial charge in [0.2, 0.25) is 0 Å². The van der Waals surface area contributed by atoms with E-state index in [1.807, 2.05) is 0 Å². The third kappa shape index (κ3) is 16.4. The maximum Gasteiger partial charge on any atom is 1.00 e. The van der Waals surface area contributed by atoms with Crippen LogP contribution in [0.1, 0.15) is 37.4 Å². The van der Waals surface area contributed by atoms with E-state index in [1.165, 1.54) is 0 Å². The van der Waals surface area contributed by atoms with Gasteiger partial charge in [-0.2, -0.15) is 0 Å². The summed E-state index contributed by atoms with van der Waals surface area (Å²) < 4.78 is 68.6. The Balaban J connectivity index is -0.000000290. The molecule has 0 heterocycles. The minimum Gasteiger partial charge on any atom is -0.716 e. The molecule has 158 valence electrons. The van der Waals surface area contributed by atoms with Gasteiger partial charge in [-0.15, -0.1) is 0 Å². The van der Waals surface area contributed by atoms with Crippen LogP contribution in [0.2, 0.25) is 0 Å². The van der Waals surface area contributed by atoms with Crippen LogP contribution in [0.5, 0.6) is 0 Å². The fraction of sp³-hybridized carbons (Fsp3) is 0.167. The Hall–Kier alpha value is -3.08. The Morgan fingerprint density at radius 1 is 0.786 bits per heavy atom. The predicted molar refractivity (Wildman–Crippen MR) is 85.5 cm³/mol. The van der Waals surface area contributed by atoms with Crippen molar-refractivity contribution in [1.29, 1.82) is 0 Å². The summed E-state index contributed by atoms with van der Waals surface area (Å²) in [6, 6.07) is 4.05. The van der Waals surface area contributed by atoms with Crippen LogP contribution in [0.15, 0.2) is 24.3 Å². The zero-order chi connectivity index (χ0) is 22.7. The van der Waals surface area contributed by atoms with Crippen molar-refractivity contribution in [3.8, 4) is 0 Å². The van der Waals surface area contributed by atoms with Gasteiger partial charge in [-0.05, 0) is 12.1 Å². The molecule has 0 aliphatic rings. The van der Waals surface area contributed by atoms with Crippen LogP contribution in [0, 0.1) is 0 Å². The predicted octanol–water partition coefficient (Wildman–Crippen LogP) is -0.673. The molecule has 1 aromatic carbocycles. The van der Waals surface area contributed by atoms with Gasteiger partial charge in [-0.25, -0.2) is 26.4 Å². The molecule has 0 fully saturated rings. The summed E-state index contributed by atoms with van der Waals surface area (Å²) in [7, 11) is -10.8. The highest BCUT2D eigenvalue weighted by Gasteiger charge is 2.22. The molecular weight excluding hydrogens is 432 g/mol. The SMILES string of the molecule is CC(=O)O.CC(=O)O.O=C(OS(=O)(=O)[O-])c1ccccc1C(=O)OS(=O)(=O)[O-].[H+].[H+]. The normalized spacial score (nSPS) is 10.1. The van der Waals surface area contributed by atoms with Gasteiger partial charge in [0.1, 0.15) is 0 Å². The third-order valence-electron chi connectivity index (χ3n) is 1.72. The second-order valence-electron chi connectivity index (χ2n) is 4.14. The van der Waals surface area contributed by atoms with Gasteiger partial charge < -0.3 is 27.7 Å². The van der Waals surface area contributed by atoms with Gasteiger partial charge in [0.15, 0.2) is 0 Å². The van der Waals surface area contributed by atoms with Crippen LogP contribution in [-0.4, -0.2) is 60.0 Å². The molecule has 0 aliphatic carbocycles. The van der Waals surface area contributed by atoms with Crippen LogP contribution >= 0.6 is 0 Å². The fourth-order valence-corrected chi connectivity index (χ4v) is 1.66. The third-order valence-corrected chi connectivity index (χ3v) is 2.43. The van der Waals surface area contributed by atoms with Crippen molar-refractivity contribution in [2.45, 2.75) is 13.8 Å². The zero-order valence-electron chi connectivity index (χ0n) is 15.9. The standard InChI is InChI=1S/C8H6O10S2.2C2H4O2/c9-7(17-19(11,12)13)5-3-1-2-4-6(5)8(10)18-20(14,15)16;2*1-2(3)4/h1-4H,(H,11,12,13)(H,14,15,16);2*1H3,(H,3,4). The maximum absolute atomic E-state index is 11.3. The molecule has 0 saturated heterocycles. The van der Waals surface area contributed by atoms with Crippen molar-refractivity contribution in [2.24, 2.45) is 0 Å². The summed E-state index contributed by atoms with van der Waals surface area (Å²) in [5.74, 6) is -5.12. The molecule has 16 heteroatoms. The first-order valence-corrected chi connectivity index (χ1v) is 9.00. The van der Waals surface area contributed by atoms with Gasteiger partial charge in [-0.3, -0.25) is 9.59 Å². The van der Waals surface area contributed by atoms with Crippen LogP contribution in [-0.2, 0) is 38.8 Å². The lowest BCUT2D eigenvalue weighted by Gasteiger charge is -2.11. The smallest absolute Gasteiger partial charge is 0.716 e. The van der Waals surface area contributed by atoms with Crippen molar-refractivity contribution >= 4 is 44.7 Å². The summed E-state index contributed by atoms with van der Waals surface area (Å²) in [4.78, 5) is 40.6. The van der Waals surface area contributed by atoms with Crippen molar-refractivity contribution in [3.05, 3.63) is 35.4 Å². The number of carbonyl (C=O) groups excluding carboxylic acids is 2. The molecule has 1 aromatic rings. The molecule has 0 aromatic heterocycles. The lowest BCUT2D eigenvalue weighted by molar-refractivity contribution is -0.135. The van der Waals surface area contributed by atoms with Gasteiger partial charge in [0.05, 0.1) is 11.1 Å². The van der Waals surface area contributed by atoms with E-state index in [9.17, 15) is 35.5 Å². The second-order valence-corrected chi connectivity index (χ2v) is 6.11. The van der Waals surface area contributed by atoms with Crippen molar-refractivity contribution in [3.63, 3.8) is 0 Å². The molecule has 28 heavy (non-hydrogen) atoms. The summed E-state index contributed by atoms with van der Waals surface area (Å²) in [5, 5.41) is 14.8. The number of carboxylic acids is 2. The monoisotopic (exact) mass is 446 g/mol. The highest BCUT2D eigenvalue weighted by atomic mass is 32.3. The average molecular weight is 446 g/mol. The number of carbonyl (C=O) groups is 4. The molecule has 0 saturated carbocycles. The number of aliphatic carboxylic acids is 2. The van der Waals surface area contributed by atoms with Crippen molar-refractivity contribution in [2.75, 3.05) is 0 Å². The molecular formula is C12H14O14S2. The van der Waals surface area contributed by atoms with Gasteiger partial charge in [0.25, 0.3) is 32.7 Å². The summed E-state index contributed by atoms with van der Waals surface area (Å²) in [6.07, 6.45) is 0. The number of rotatable bonds is 4. The summed E-state index contributed by atoms with van der Waals surface area (Å²) >= 11 is 0. The van der Waals surface area contributed by atoms with Crippen LogP contribution in [0.25, 0.3) is 0 Å². The van der Waals surface area contributed by atoms with E-state index in [1.54, 1.807) is 0 Å². The first-order valence-electron chi connectivity index (χ1n) is 6.33. The Labute approximate surface area is 161 Å². The highest BCUT2D eigenvalue weighted by molar-refractivity contribution is 7.81. The Bertz CT molecular complexity index is 854. The minimum atomic E-state index is -5.38. The lowest BCUT2D eigenvalue weighted by atomic mass is 10.1. The molecule has 0 amide bonds. The zero-order valence-corrected chi connectivity index (χ0v) is 15.6. The molecule has 0 unspecified atom stereocenters. The molecule has 0 spiro atoms. The number of hydrogen-bond acceptors (Lipinski definition) is 12. The Morgan fingerprint density at radius 3 is 1.18 bits per heavy atom. The Morgan fingerprint density at radius 2 is 1.00 bits per heavy atom. The van der Waals surface area contributed by atoms with E-state index in [-0.39, 0.29) is 2.85 Å². The number of hydrogen-bond donors (Lipinski definition) is 2. The van der Waals surface area contributed by atoms with E-state index in [0.717, 1.165) is 38.1 Å².